The average Bonchev–Trinajstić information content (AvgIpc) is 3.30. The molecule has 1 N–H and O–H groups in total. The van der Waals surface area contributed by atoms with Crippen molar-refractivity contribution >= 4 is 22.8 Å². The predicted octanol–water partition coefficient (Wildman–Crippen LogP) is 4.64. The van der Waals surface area contributed by atoms with Gasteiger partial charge < -0.3 is 15.0 Å². The molecule has 3 heterocycles. The summed E-state index contributed by atoms with van der Waals surface area (Å²) in [5.74, 6) is 1.68. The highest BCUT2D eigenvalue weighted by Gasteiger charge is 2.38. The highest BCUT2D eigenvalue weighted by molar-refractivity contribution is 8.14. The van der Waals surface area contributed by atoms with E-state index in [-0.39, 0.29) is 22.4 Å². The first-order valence-electron chi connectivity index (χ1n) is 10.4. The van der Waals surface area contributed by atoms with E-state index in [1.165, 1.54) is 35.2 Å². The smallest absolute Gasteiger partial charge is 0.283 e. The van der Waals surface area contributed by atoms with E-state index in [0.717, 1.165) is 56.0 Å². The molecule has 0 radical (unpaired) electrons. The molecule has 2 saturated heterocycles. The van der Waals surface area contributed by atoms with Gasteiger partial charge in [-0.1, -0.05) is 24.4 Å². The number of rotatable bonds is 4. The Morgan fingerprint density at radius 1 is 1.27 bits per heavy atom. The van der Waals surface area contributed by atoms with Gasteiger partial charge in [-0.2, -0.15) is 0 Å². The van der Waals surface area contributed by atoms with Crippen LogP contribution in [-0.2, 0) is 6.42 Å². The van der Waals surface area contributed by atoms with Crippen LogP contribution >= 0.6 is 11.8 Å². The third-order valence-electron chi connectivity index (χ3n) is 6.16. The molecule has 3 atom stereocenters. The van der Waals surface area contributed by atoms with Crippen LogP contribution in [0.4, 0.5) is 15.0 Å². The molecular formula is C23H24FN3O2S. The third-order valence-corrected chi connectivity index (χ3v) is 7.34. The molecule has 0 saturated carbocycles. The second-order valence-electron chi connectivity index (χ2n) is 8.14. The van der Waals surface area contributed by atoms with Crippen molar-refractivity contribution in [3.05, 3.63) is 65.7 Å². The number of halogens is 1. The van der Waals surface area contributed by atoms with Crippen molar-refractivity contribution in [3.63, 3.8) is 0 Å². The molecular weight excluding hydrogens is 401 g/mol. The van der Waals surface area contributed by atoms with E-state index < -0.39 is 0 Å². The number of aromatic nitrogens is 1. The van der Waals surface area contributed by atoms with Gasteiger partial charge in [0.1, 0.15) is 23.5 Å². The SMILES string of the molecule is C=C1NC(=O)SC1[C@@H]1CCc2cc(O[C@@H]3CCCN(c4ccc(F)cn4)C3)ccc21. The summed E-state index contributed by atoms with van der Waals surface area (Å²) in [7, 11) is 0. The van der Waals surface area contributed by atoms with Crippen LogP contribution in [-0.4, -0.2) is 34.7 Å². The Bertz CT molecular complexity index is 981. The molecule has 2 aliphatic heterocycles. The summed E-state index contributed by atoms with van der Waals surface area (Å²) in [6, 6.07) is 9.53. The molecule has 3 aliphatic rings. The first-order valence-corrected chi connectivity index (χ1v) is 11.3. The summed E-state index contributed by atoms with van der Waals surface area (Å²) >= 11 is 1.35. The monoisotopic (exact) mass is 425 g/mol. The highest BCUT2D eigenvalue weighted by atomic mass is 32.2. The minimum Gasteiger partial charge on any atom is -0.489 e. The topological polar surface area (TPSA) is 54.5 Å². The van der Waals surface area contributed by atoms with Crippen molar-refractivity contribution in [2.24, 2.45) is 0 Å². The van der Waals surface area contributed by atoms with Crippen molar-refractivity contribution in [1.29, 1.82) is 0 Å². The third kappa shape index (κ3) is 3.78. The molecule has 2 aromatic rings. The zero-order chi connectivity index (χ0) is 20.7. The molecule has 156 valence electrons. The van der Waals surface area contributed by atoms with Crippen LogP contribution in [0.5, 0.6) is 5.75 Å². The maximum Gasteiger partial charge on any atom is 0.283 e. The number of carbonyl (C=O) groups is 1. The summed E-state index contributed by atoms with van der Waals surface area (Å²) in [5, 5.41) is 2.94. The van der Waals surface area contributed by atoms with Gasteiger partial charge in [0.05, 0.1) is 18.0 Å². The number of ether oxygens (including phenoxy) is 1. The van der Waals surface area contributed by atoms with Crippen molar-refractivity contribution in [2.75, 3.05) is 18.0 Å². The number of benzene rings is 1. The second kappa shape index (κ2) is 7.95. The molecule has 1 aromatic heterocycles. The van der Waals surface area contributed by atoms with Crippen LogP contribution in [0, 0.1) is 5.82 Å². The Balaban J connectivity index is 1.27. The minimum absolute atomic E-state index is 0.00380. The Hall–Kier alpha value is -2.54. The molecule has 30 heavy (non-hydrogen) atoms. The summed E-state index contributed by atoms with van der Waals surface area (Å²) in [6.07, 6.45) is 5.36. The number of aryl methyl sites for hydroxylation is 1. The number of hydrogen-bond acceptors (Lipinski definition) is 5. The van der Waals surface area contributed by atoms with Gasteiger partial charge in [0.15, 0.2) is 0 Å². The van der Waals surface area contributed by atoms with Gasteiger partial charge in [0.25, 0.3) is 5.24 Å². The molecule has 1 aromatic carbocycles. The molecule has 0 spiro atoms. The maximum absolute atomic E-state index is 13.2. The van der Waals surface area contributed by atoms with Gasteiger partial charge in [0, 0.05) is 18.2 Å². The van der Waals surface area contributed by atoms with Crippen molar-refractivity contribution in [1.82, 2.24) is 10.3 Å². The zero-order valence-electron chi connectivity index (χ0n) is 16.6. The number of nitrogens with one attached hydrogen (secondary N) is 1. The Morgan fingerprint density at radius 2 is 2.17 bits per heavy atom. The Morgan fingerprint density at radius 3 is 2.93 bits per heavy atom. The minimum atomic E-state index is -0.320. The van der Waals surface area contributed by atoms with Crippen LogP contribution in [0.2, 0.25) is 0 Å². The van der Waals surface area contributed by atoms with Crippen LogP contribution in [0.3, 0.4) is 0 Å². The number of pyridine rings is 1. The van der Waals surface area contributed by atoms with Crippen molar-refractivity contribution < 1.29 is 13.9 Å². The van der Waals surface area contributed by atoms with E-state index in [9.17, 15) is 9.18 Å². The van der Waals surface area contributed by atoms with Gasteiger partial charge >= 0.3 is 0 Å². The standard InChI is InChI=1S/C23H24FN3O2S/c1-14-22(30-23(28)26-14)20-7-4-15-11-17(6-8-19(15)20)29-18-3-2-10-27(13-18)21-9-5-16(24)12-25-21/h5-6,8-9,11-12,18,20,22H,1-4,7,10,13H2,(H,26,28)/t18-,20-,22?/m1/s1. The second-order valence-corrected chi connectivity index (χ2v) is 9.26. The number of hydrogen-bond donors (Lipinski definition) is 1. The van der Waals surface area contributed by atoms with E-state index in [2.05, 4.69) is 33.9 Å². The number of carbonyl (C=O) groups excluding carboxylic acids is 1. The Labute approximate surface area is 179 Å². The molecule has 1 amide bonds. The quantitative estimate of drug-likeness (QED) is 0.774. The molecule has 0 bridgehead atoms. The Kier molecular flexibility index (Phi) is 5.15. The fourth-order valence-electron chi connectivity index (χ4n) is 4.75. The summed E-state index contributed by atoms with van der Waals surface area (Å²) in [4.78, 5) is 18.1. The van der Waals surface area contributed by atoms with Gasteiger partial charge in [-0.3, -0.25) is 4.79 Å². The number of nitrogens with zero attached hydrogens (tertiary/aromatic N) is 2. The van der Waals surface area contributed by atoms with Crippen molar-refractivity contribution in [3.8, 4) is 5.75 Å². The highest BCUT2D eigenvalue weighted by Crippen LogP contribution is 2.45. The zero-order valence-corrected chi connectivity index (χ0v) is 17.5. The van der Waals surface area contributed by atoms with E-state index >= 15 is 0 Å². The van der Waals surface area contributed by atoms with Gasteiger partial charge in [-0.25, -0.2) is 9.37 Å². The van der Waals surface area contributed by atoms with Crippen LogP contribution in [0.25, 0.3) is 0 Å². The molecule has 2 fully saturated rings. The number of fused-ring (bicyclic) bond motifs is 1. The molecule has 1 aliphatic carbocycles. The summed E-state index contributed by atoms with van der Waals surface area (Å²) in [6.45, 7) is 5.67. The van der Waals surface area contributed by atoms with Crippen LogP contribution < -0.4 is 15.0 Å². The van der Waals surface area contributed by atoms with E-state index in [4.69, 9.17) is 4.74 Å². The summed E-state index contributed by atoms with van der Waals surface area (Å²) < 4.78 is 19.5. The number of thioether (sulfide) groups is 1. The average molecular weight is 426 g/mol. The summed E-state index contributed by atoms with van der Waals surface area (Å²) in [5.41, 5.74) is 3.43. The first-order chi connectivity index (χ1) is 14.6. The predicted molar refractivity (Wildman–Crippen MR) is 117 cm³/mol. The van der Waals surface area contributed by atoms with Crippen LogP contribution in [0.1, 0.15) is 36.3 Å². The maximum atomic E-state index is 13.2. The van der Waals surface area contributed by atoms with Gasteiger partial charge in [-0.05, 0) is 61.1 Å². The molecule has 1 unspecified atom stereocenters. The van der Waals surface area contributed by atoms with E-state index in [0.29, 0.717) is 5.92 Å². The largest absolute Gasteiger partial charge is 0.489 e. The lowest BCUT2D eigenvalue weighted by atomic mass is 9.96. The lowest BCUT2D eigenvalue weighted by molar-refractivity contribution is 0.179. The molecule has 5 rings (SSSR count). The first kappa shape index (κ1) is 19.4. The fourth-order valence-corrected chi connectivity index (χ4v) is 5.82. The van der Waals surface area contributed by atoms with Crippen molar-refractivity contribution in [2.45, 2.75) is 43.0 Å². The van der Waals surface area contributed by atoms with Gasteiger partial charge in [-0.15, -0.1) is 0 Å². The molecule has 7 heteroatoms. The number of amides is 1. The van der Waals surface area contributed by atoms with Gasteiger partial charge in [0.2, 0.25) is 0 Å². The number of piperidine rings is 1. The lowest BCUT2D eigenvalue weighted by Crippen LogP contribution is -2.41. The number of anilines is 1. The van der Waals surface area contributed by atoms with Crippen LogP contribution in [0.15, 0.2) is 48.8 Å². The fraction of sp³-hybridized carbons (Fsp3) is 0.391. The van der Waals surface area contributed by atoms with E-state index in [1.807, 2.05) is 6.07 Å². The lowest BCUT2D eigenvalue weighted by Gasteiger charge is -2.33. The van der Waals surface area contributed by atoms with E-state index in [1.54, 1.807) is 6.07 Å². The normalized spacial score (nSPS) is 25.9. The molecule has 5 nitrogen and oxygen atoms in total.